The number of carbonyl (C=O) groups excluding carboxylic acids is 1. The van der Waals surface area contributed by atoms with Crippen LogP contribution >= 0.6 is 11.8 Å². The van der Waals surface area contributed by atoms with Crippen molar-refractivity contribution in [3.8, 4) is 0 Å². The average molecular weight is 339 g/mol. The molecule has 0 fully saturated rings. The molecule has 1 aliphatic rings. The van der Waals surface area contributed by atoms with Gasteiger partial charge in [0.2, 0.25) is 5.91 Å². The zero-order valence-corrected chi connectivity index (χ0v) is 14.4. The smallest absolute Gasteiger partial charge is 0.231 e. The largest absolute Gasteiger partial charge is 0.361 e. The van der Waals surface area contributed by atoms with Gasteiger partial charge in [0.25, 0.3) is 0 Å². The van der Waals surface area contributed by atoms with Gasteiger partial charge in [-0.05, 0) is 18.1 Å². The molecule has 2 aromatic carbocycles. The summed E-state index contributed by atoms with van der Waals surface area (Å²) in [6.45, 7) is 2.86. The Morgan fingerprint density at radius 1 is 1.17 bits per heavy atom. The van der Waals surface area contributed by atoms with Crippen molar-refractivity contribution in [3.05, 3.63) is 71.8 Å². The van der Waals surface area contributed by atoms with Gasteiger partial charge >= 0.3 is 0 Å². The lowest BCUT2D eigenvalue weighted by Gasteiger charge is -2.20. The van der Waals surface area contributed by atoms with E-state index in [4.69, 9.17) is 0 Å². The van der Waals surface area contributed by atoms with E-state index in [1.165, 1.54) is 11.8 Å². The third kappa shape index (κ3) is 4.38. The predicted molar refractivity (Wildman–Crippen MR) is 100 cm³/mol. The number of amides is 1. The van der Waals surface area contributed by atoms with Crippen molar-refractivity contribution in [1.82, 2.24) is 10.6 Å². The Morgan fingerprint density at radius 2 is 1.75 bits per heavy atom. The van der Waals surface area contributed by atoms with Crippen LogP contribution in [0.1, 0.15) is 24.1 Å². The Morgan fingerprint density at radius 3 is 2.25 bits per heavy atom. The van der Waals surface area contributed by atoms with Gasteiger partial charge in [0.1, 0.15) is 0 Å². The van der Waals surface area contributed by atoms with Crippen LogP contribution < -0.4 is 10.6 Å². The van der Waals surface area contributed by atoms with Gasteiger partial charge in [0.05, 0.1) is 18.3 Å². The van der Waals surface area contributed by atoms with Crippen molar-refractivity contribution in [1.29, 1.82) is 0 Å². The first kappa shape index (κ1) is 16.6. The molecule has 1 heterocycles. The van der Waals surface area contributed by atoms with Crippen LogP contribution in [0.2, 0.25) is 0 Å². The highest BCUT2D eigenvalue weighted by Crippen LogP contribution is 2.22. The summed E-state index contributed by atoms with van der Waals surface area (Å²) < 4.78 is 0. The molecule has 0 saturated carbocycles. The van der Waals surface area contributed by atoms with E-state index >= 15 is 0 Å². The molecule has 124 valence electrons. The molecule has 2 N–H and O–H groups in total. The first-order chi connectivity index (χ1) is 11.7. The highest BCUT2D eigenvalue weighted by molar-refractivity contribution is 8.14. The quantitative estimate of drug-likeness (QED) is 0.880. The summed E-state index contributed by atoms with van der Waals surface area (Å²) in [6, 6.07) is 20.3. The number of thioether (sulfide) groups is 1. The van der Waals surface area contributed by atoms with E-state index in [0.29, 0.717) is 11.8 Å². The average Bonchev–Trinajstić information content (AvgIpc) is 3.05. The summed E-state index contributed by atoms with van der Waals surface area (Å²) in [4.78, 5) is 16.8. The van der Waals surface area contributed by atoms with Crippen LogP contribution in [0.3, 0.4) is 0 Å². The summed E-state index contributed by atoms with van der Waals surface area (Å²) in [5.41, 5.74) is 2.15. The Bertz CT molecular complexity index is 664. The van der Waals surface area contributed by atoms with Crippen molar-refractivity contribution in [2.24, 2.45) is 4.99 Å². The number of carbonyl (C=O) groups is 1. The zero-order chi connectivity index (χ0) is 16.8. The van der Waals surface area contributed by atoms with Crippen LogP contribution in [-0.4, -0.2) is 29.4 Å². The maximum atomic E-state index is 12.4. The van der Waals surface area contributed by atoms with Gasteiger partial charge in [0, 0.05) is 6.04 Å². The number of hydrogen-bond donors (Lipinski definition) is 2. The third-order valence-corrected chi connectivity index (χ3v) is 4.72. The maximum absolute atomic E-state index is 12.4. The van der Waals surface area contributed by atoms with Gasteiger partial charge in [-0.3, -0.25) is 9.79 Å². The minimum atomic E-state index is -0.141. The first-order valence-corrected chi connectivity index (χ1v) is 9.04. The molecule has 0 radical (unpaired) electrons. The lowest BCUT2D eigenvalue weighted by molar-refractivity contribution is -0.119. The fraction of sp³-hybridized carbons (Fsp3) is 0.263. The summed E-state index contributed by atoms with van der Waals surface area (Å²) in [5.74, 6) is 0.358. The highest BCUT2D eigenvalue weighted by atomic mass is 32.2. The number of aliphatic imine (C=N–C) groups is 1. The normalized spacial score (nSPS) is 16.6. The van der Waals surface area contributed by atoms with Gasteiger partial charge in [-0.15, -0.1) is 0 Å². The summed E-state index contributed by atoms with van der Waals surface area (Å²) in [5, 5.41) is 7.26. The standard InChI is InChI=1S/C19H21N3OS/c1-14-12-20-19(21-14)24-13-17(23)22-18(15-8-4-2-5-9-15)16-10-6-3-7-11-16/h2-11,14,18H,12-13H2,1H3,(H,20,21)(H,22,23). The second-order valence-corrected chi connectivity index (χ2v) is 6.77. The first-order valence-electron chi connectivity index (χ1n) is 8.05. The second-order valence-electron chi connectivity index (χ2n) is 5.80. The zero-order valence-electron chi connectivity index (χ0n) is 13.6. The van der Waals surface area contributed by atoms with E-state index < -0.39 is 0 Å². The molecule has 24 heavy (non-hydrogen) atoms. The molecule has 1 amide bonds. The van der Waals surface area contributed by atoms with Gasteiger partial charge in [-0.1, -0.05) is 72.4 Å². The molecule has 1 unspecified atom stereocenters. The number of nitrogens with one attached hydrogen (secondary N) is 2. The molecule has 0 aliphatic carbocycles. The monoisotopic (exact) mass is 339 g/mol. The summed E-state index contributed by atoms with van der Waals surface area (Å²) in [7, 11) is 0. The van der Waals surface area contributed by atoms with Crippen LogP contribution in [0.5, 0.6) is 0 Å². The third-order valence-electron chi connectivity index (χ3n) is 3.79. The van der Waals surface area contributed by atoms with E-state index in [1.54, 1.807) is 0 Å². The molecule has 0 saturated heterocycles. The number of rotatable bonds is 5. The molecule has 1 atom stereocenters. The minimum absolute atomic E-state index is 0.00163. The van der Waals surface area contributed by atoms with Crippen molar-refractivity contribution < 1.29 is 4.79 Å². The Kier molecular flexibility index (Phi) is 5.54. The molecule has 3 rings (SSSR count). The second kappa shape index (κ2) is 8.02. The van der Waals surface area contributed by atoms with Crippen LogP contribution in [0.25, 0.3) is 0 Å². The summed E-state index contributed by atoms with van der Waals surface area (Å²) in [6.07, 6.45) is 0. The van der Waals surface area contributed by atoms with Crippen LogP contribution in [0.4, 0.5) is 0 Å². The SMILES string of the molecule is CC1CN=C(SCC(=O)NC(c2ccccc2)c2ccccc2)N1. The number of nitrogens with zero attached hydrogens (tertiary/aromatic N) is 1. The fourth-order valence-corrected chi connectivity index (χ4v) is 3.40. The topological polar surface area (TPSA) is 53.5 Å². The fourth-order valence-electron chi connectivity index (χ4n) is 2.60. The highest BCUT2D eigenvalue weighted by Gasteiger charge is 2.18. The van der Waals surface area contributed by atoms with Gasteiger partial charge in [-0.2, -0.15) is 0 Å². The van der Waals surface area contributed by atoms with E-state index in [0.717, 1.165) is 22.8 Å². The molecule has 5 heteroatoms. The molecule has 0 bridgehead atoms. The molecule has 1 aliphatic heterocycles. The lowest BCUT2D eigenvalue weighted by atomic mass is 9.99. The Balaban J connectivity index is 1.67. The van der Waals surface area contributed by atoms with Gasteiger partial charge in [-0.25, -0.2) is 0 Å². The van der Waals surface area contributed by atoms with Crippen molar-refractivity contribution in [3.63, 3.8) is 0 Å². The van der Waals surface area contributed by atoms with Gasteiger partial charge in [0.15, 0.2) is 5.17 Å². The minimum Gasteiger partial charge on any atom is -0.361 e. The van der Waals surface area contributed by atoms with E-state index in [-0.39, 0.29) is 11.9 Å². The van der Waals surface area contributed by atoms with Crippen molar-refractivity contribution in [2.75, 3.05) is 12.3 Å². The van der Waals surface area contributed by atoms with Crippen molar-refractivity contribution in [2.45, 2.75) is 19.0 Å². The molecule has 0 aromatic heterocycles. The predicted octanol–water partition coefficient (Wildman–Crippen LogP) is 2.97. The van der Waals surface area contributed by atoms with E-state index in [9.17, 15) is 4.79 Å². The molecular formula is C19H21N3OS. The van der Waals surface area contributed by atoms with Crippen molar-refractivity contribution >= 4 is 22.8 Å². The number of benzene rings is 2. The summed E-state index contributed by atoms with van der Waals surface area (Å²) >= 11 is 1.46. The maximum Gasteiger partial charge on any atom is 0.231 e. The Labute approximate surface area is 146 Å². The molecule has 0 spiro atoms. The van der Waals surface area contributed by atoms with Crippen LogP contribution in [0, 0.1) is 0 Å². The lowest BCUT2D eigenvalue weighted by Crippen LogP contribution is -2.32. The Hall–Kier alpha value is -2.27. The number of amidine groups is 1. The van der Waals surface area contributed by atoms with E-state index in [2.05, 4.69) is 22.5 Å². The van der Waals surface area contributed by atoms with Gasteiger partial charge < -0.3 is 10.6 Å². The van der Waals surface area contributed by atoms with E-state index in [1.807, 2.05) is 60.7 Å². The number of hydrogen-bond acceptors (Lipinski definition) is 4. The van der Waals surface area contributed by atoms with Crippen LogP contribution in [-0.2, 0) is 4.79 Å². The molecule has 4 nitrogen and oxygen atoms in total. The van der Waals surface area contributed by atoms with Crippen LogP contribution in [0.15, 0.2) is 65.7 Å². The molecule has 2 aromatic rings. The molecular weight excluding hydrogens is 318 g/mol.